The van der Waals surface area contributed by atoms with Crippen LogP contribution in [0.5, 0.6) is 5.75 Å². The molecule has 0 fully saturated rings. The summed E-state index contributed by atoms with van der Waals surface area (Å²) in [5.41, 5.74) is 2.56. The maximum Gasteiger partial charge on any atom is 0.403 e. The van der Waals surface area contributed by atoms with Crippen LogP contribution in [-0.2, 0) is 47.8 Å². The fraction of sp³-hybridized carbons (Fsp3) is 0.371. The molecular weight excluding hydrogens is 651 g/mol. The van der Waals surface area contributed by atoms with E-state index in [-0.39, 0.29) is 25.5 Å². The Kier molecular flexibility index (Phi) is 15.4. The monoisotopic (exact) mass is 696 g/mol. The lowest BCUT2D eigenvalue weighted by molar-refractivity contribution is -0.138. The maximum atomic E-state index is 13.3. The molecule has 0 spiro atoms. The number of carbonyl (C=O) groups is 4. The van der Waals surface area contributed by atoms with Gasteiger partial charge in [0.2, 0.25) is 11.8 Å². The molecule has 0 aromatic heterocycles. The minimum absolute atomic E-state index is 0.0339. The van der Waals surface area contributed by atoms with Gasteiger partial charge in [-0.1, -0.05) is 93.1 Å². The van der Waals surface area contributed by atoms with Gasteiger partial charge < -0.3 is 30.3 Å². The highest BCUT2D eigenvalue weighted by molar-refractivity contribution is 7.50. The van der Waals surface area contributed by atoms with E-state index in [4.69, 9.17) is 14.4 Å². The average molecular weight is 697 g/mol. The van der Waals surface area contributed by atoms with Crippen LogP contribution < -0.4 is 20.5 Å². The number of nitrogens with zero attached hydrogens (tertiary/aromatic N) is 1. The van der Waals surface area contributed by atoms with E-state index in [0.717, 1.165) is 11.1 Å². The molecule has 3 aromatic rings. The summed E-state index contributed by atoms with van der Waals surface area (Å²) in [5.74, 6) is -2.97. The topological polar surface area (TPSA) is 184 Å². The fourth-order valence-corrected chi connectivity index (χ4v) is 6.01. The predicted molar refractivity (Wildman–Crippen MR) is 183 cm³/mol. The van der Waals surface area contributed by atoms with Crippen molar-refractivity contribution in [1.82, 2.24) is 20.6 Å². The summed E-state index contributed by atoms with van der Waals surface area (Å²) in [5, 5.41) is 16.3. The Hall–Kier alpha value is -4.55. The van der Waals surface area contributed by atoms with E-state index in [1.807, 2.05) is 60.7 Å². The highest BCUT2D eigenvalue weighted by Gasteiger charge is 2.34. The van der Waals surface area contributed by atoms with Crippen molar-refractivity contribution in [2.75, 3.05) is 19.8 Å². The Morgan fingerprint density at radius 3 is 1.92 bits per heavy atom. The van der Waals surface area contributed by atoms with Crippen LogP contribution in [0.1, 0.15) is 43.9 Å². The van der Waals surface area contributed by atoms with Gasteiger partial charge >= 0.3 is 13.7 Å². The summed E-state index contributed by atoms with van der Waals surface area (Å²) >= 11 is 0. The molecular formula is C35H45N4O9P. The summed E-state index contributed by atoms with van der Waals surface area (Å²) in [4.78, 5) is 62.6. The van der Waals surface area contributed by atoms with Crippen molar-refractivity contribution in [3.05, 3.63) is 102 Å². The smallest absolute Gasteiger partial charge is 0.403 e. The second-order valence-electron chi connectivity index (χ2n) is 11.5. The second-order valence-corrected chi connectivity index (χ2v) is 13.0. The molecule has 49 heavy (non-hydrogen) atoms. The van der Waals surface area contributed by atoms with Gasteiger partial charge in [0.25, 0.3) is 5.91 Å². The maximum absolute atomic E-state index is 13.3. The number of aliphatic carboxylic acids is 1. The number of carboxylic acids is 1. The summed E-state index contributed by atoms with van der Waals surface area (Å²) in [7, 11) is -4.32. The zero-order valence-electron chi connectivity index (χ0n) is 27.9. The second kappa shape index (κ2) is 19.4. The van der Waals surface area contributed by atoms with E-state index in [1.54, 1.807) is 43.0 Å². The Morgan fingerprint density at radius 1 is 0.837 bits per heavy atom. The largest absolute Gasteiger partial charge is 0.484 e. The third kappa shape index (κ3) is 13.5. The standard InChI is InChI=1S/C35H45N4O9P/c1-4-25(3)33(38-49(45,46)48-5-2)35(44)37-30(34(43)36-21-32(41)42)20-26-16-18-29(19-17-26)47-24-31(40)39(22-27-12-8-6-9-13-27)23-28-14-10-7-11-15-28/h6-19,25,30,33H,4-5,20-24H2,1-3H3,(H,36,43)(H,37,44)(H,41,42)(H2,38,45,46)/t25-,30?,33-/m0/s1. The molecule has 3 amide bonds. The molecule has 0 aliphatic rings. The molecule has 13 nitrogen and oxygen atoms in total. The Balaban J connectivity index is 1.70. The predicted octanol–water partition coefficient (Wildman–Crippen LogP) is 3.66. The molecule has 0 radical (unpaired) electrons. The lowest BCUT2D eigenvalue weighted by Crippen LogP contribution is -2.55. The van der Waals surface area contributed by atoms with Gasteiger partial charge in [-0.2, -0.15) is 0 Å². The number of benzene rings is 3. The number of ether oxygens (including phenoxy) is 1. The first-order valence-electron chi connectivity index (χ1n) is 16.0. The number of nitrogens with one attached hydrogen (secondary N) is 3. The third-order valence-electron chi connectivity index (χ3n) is 7.66. The van der Waals surface area contributed by atoms with Gasteiger partial charge in [0, 0.05) is 19.5 Å². The molecule has 3 rings (SSSR count). The number of rotatable bonds is 20. The SMILES string of the molecule is CCOP(=O)(O)N[C@H](C(=O)NC(Cc1ccc(OCC(=O)N(Cc2ccccc2)Cc2ccccc2)cc1)C(=O)NCC(=O)O)[C@@H](C)CC. The molecule has 0 saturated carbocycles. The van der Waals surface area contributed by atoms with Crippen LogP contribution >= 0.6 is 7.75 Å². The van der Waals surface area contributed by atoms with E-state index >= 15 is 0 Å². The minimum Gasteiger partial charge on any atom is -0.484 e. The van der Waals surface area contributed by atoms with Crippen LogP contribution in [0.3, 0.4) is 0 Å². The summed E-state index contributed by atoms with van der Waals surface area (Å²) in [6.07, 6.45) is 0.432. The van der Waals surface area contributed by atoms with E-state index in [2.05, 4.69) is 15.7 Å². The van der Waals surface area contributed by atoms with Crippen LogP contribution in [0, 0.1) is 5.92 Å². The Bertz CT molecular complexity index is 1520. The van der Waals surface area contributed by atoms with Crippen molar-refractivity contribution in [3.8, 4) is 5.75 Å². The molecule has 0 saturated heterocycles. The van der Waals surface area contributed by atoms with Crippen LogP contribution in [0.15, 0.2) is 84.9 Å². The van der Waals surface area contributed by atoms with Crippen LogP contribution in [-0.4, -0.2) is 70.4 Å². The molecule has 14 heteroatoms. The van der Waals surface area contributed by atoms with Crippen LogP contribution in [0.2, 0.25) is 0 Å². The molecule has 0 bridgehead atoms. The highest BCUT2D eigenvalue weighted by atomic mass is 31.2. The van der Waals surface area contributed by atoms with Gasteiger partial charge in [-0.3, -0.25) is 23.7 Å². The quantitative estimate of drug-likeness (QED) is 0.109. The molecule has 264 valence electrons. The van der Waals surface area contributed by atoms with Crippen molar-refractivity contribution in [3.63, 3.8) is 0 Å². The van der Waals surface area contributed by atoms with E-state index < -0.39 is 50.1 Å². The van der Waals surface area contributed by atoms with Crippen molar-refractivity contribution in [2.24, 2.45) is 5.92 Å². The van der Waals surface area contributed by atoms with E-state index in [0.29, 0.717) is 30.8 Å². The number of carboxylic acid groups (broad SMARTS) is 1. The van der Waals surface area contributed by atoms with Crippen LogP contribution in [0.4, 0.5) is 0 Å². The normalized spacial score (nSPS) is 14.0. The molecule has 3 aromatic carbocycles. The highest BCUT2D eigenvalue weighted by Crippen LogP contribution is 2.38. The molecule has 0 aliphatic carbocycles. The number of hydrogen-bond acceptors (Lipinski definition) is 7. The van der Waals surface area contributed by atoms with Crippen molar-refractivity contribution < 1.29 is 43.0 Å². The molecule has 2 unspecified atom stereocenters. The van der Waals surface area contributed by atoms with Crippen LogP contribution in [0.25, 0.3) is 0 Å². The van der Waals surface area contributed by atoms with Crippen molar-refractivity contribution >= 4 is 31.4 Å². The van der Waals surface area contributed by atoms with E-state index in [1.165, 1.54) is 6.92 Å². The Labute approximate surface area is 286 Å². The summed E-state index contributed by atoms with van der Waals surface area (Å²) in [6, 6.07) is 23.5. The molecule has 5 N–H and O–H groups in total. The van der Waals surface area contributed by atoms with Gasteiger partial charge in [-0.15, -0.1) is 0 Å². The Morgan fingerprint density at radius 2 is 1.41 bits per heavy atom. The minimum atomic E-state index is -4.32. The van der Waals surface area contributed by atoms with Crippen molar-refractivity contribution in [1.29, 1.82) is 0 Å². The number of hydrogen-bond donors (Lipinski definition) is 5. The number of amides is 3. The van der Waals surface area contributed by atoms with Gasteiger partial charge in [-0.25, -0.2) is 9.65 Å². The lowest BCUT2D eigenvalue weighted by atomic mass is 9.98. The van der Waals surface area contributed by atoms with E-state index in [9.17, 15) is 28.6 Å². The van der Waals surface area contributed by atoms with Crippen molar-refractivity contribution in [2.45, 2.75) is 58.8 Å². The fourth-order valence-electron chi connectivity index (χ4n) is 4.86. The average Bonchev–Trinajstić information content (AvgIpc) is 3.09. The summed E-state index contributed by atoms with van der Waals surface area (Å²) < 4.78 is 23.1. The lowest BCUT2D eigenvalue weighted by Gasteiger charge is -2.27. The first-order chi connectivity index (χ1) is 23.4. The van der Waals surface area contributed by atoms with Gasteiger partial charge in [0.1, 0.15) is 18.3 Å². The van der Waals surface area contributed by atoms with Gasteiger partial charge in [-0.05, 0) is 41.7 Å². The zero-order chi connectivity index (χ0) is 35.8. The number of carbonyl (C=O) groups excluding carboxylic acids is 3. The third-order valence-corrected chi connectivity index (χ3v) is 8.87. The summed E-state index contributed by atoms with van der Waals surface area (Å²) in [6.45, 7) is 4.90. The molecule has 4 atom stereocenters. The zero-order valence-corrected chi connectivity index (χ0v) is 28.8. The first-order valence-corrected chi connectivity index (χ1v) is 17.6. The molecule has 0 aliphatic heterocycles. The van der Waals surface area contributed by atoms with Gasteiger partial charge in [0.05, 0.1) is 12.6 Å². The first kappa shape index (κ1) is 38.9. The molecule has 0 heterocycles. The van der Waals surface area contributed by atoms with Gasteiger partial charge in [0.15, 0.2) is 6.61 Å².